The highest BCUT2D eigenvalue weighted by molar-refractivity contribution is 6.23. The Morgan fingerprint density at radius 3 is 1.81 bits per heavy atom. The lowest BCUT2D eigenvalue weighted by atomic mass is 10.0. The third kappa shape index (κ3) is 5.14. The lowest BCUT2D eigenvalue weighted by molar-refractivity contribution is 0.669. The molecule has 0 atom stereocenters. The molecular weight excluding hydrogens is 709 g/mol. The second kappa shape index (κ2) is 12.8. The van der Waals surface area contributed by atoms with Crippen LogP contribution in [0.5, 0.6) is 0 Å². The van der Waals surface area contributed by atoms with E-state index >= 15 is 0 Å². The van der Waals surface area contributed by atoms with Crippen LogP contribution in [0.25, 0.3) is 116 Å². The molecule has 0 spiro atoms. The van der Waals surface area contributed by atoms with Gasteiger partial charge in [0.05, 0.1) is 16.6 Å². The van der Waals surface area contributed by atoms with E-state index in [0.717, 1.165) is 55.4 Å². The molecule has 12 rings (SSSR count). The minimum absolute atomic E-state index is 0.567. The Hall–Kier alpha value is -7.89. The third-order valence-electron chi connectivity index (χ3n) is 11.4. The molecule has 3 heterocycles. The van der Waals surface area contributed by atoms with Crippen molar-refractivity contribution in [1.82, 2.24) is 19.5 Å². The summed E-state index contributed by atoms with van der Waals surface area (Å²) in [5, 5.41) is 9.59. The van der Waals surface area contributed by atoms with Crippen molar-refractivity contribution in [3.8, 4) is 51.0 Å². The number of benzene rings is 9. The van der Waals surface area contributed by atoms with E-state index in [1.54, 1.807) is 0 Å². The summed E-state index contributed by atoms with van der Waals surface area (Å²) in [6, 6.07) is 68.2. The van der Waals surface area contributed by atoms with Crippen molar-refractivity contribution in [1.29, 1.82) is 0 Å². The number of fused-ring (bicyclic) bond motifs is 9. The van der Waals surface area contributed by atoms with Gasteiger partial charge in [-0.3, -0.25) is 0 Å². The van der Waals surface area contributed by atoms with E-state index in [4.69, 9.17) is 19.4 Å². The molecule has 12 aromatic rings. The summed E-state index contributed by atoms with van der Waals surface area (Å²) in [4.78, 5) is 15.1. The summed E-state index contributed by atoms with van der Waals surface area (Å²) in [6.45, 7) is 0. The normalized spacial score (nSPS) is 11.8. The topological polar surface area (TPSA) is 56.7 Å². The number of hydrogen-bond donors (Lipinski definition) is 0. The number of rotatable bonds is 5. The molecule has 0 amide bonds. The van der Waals surface area contributed by atoms with Gasteiger partial charge in [0.15, 0.2) is 17.5 Å². The highest BCUT2D eigenvalue weighted by Gasteiger charge is 2.19. The van der Waals surface area contributed by atoms with E-state index in [1.807, 2.05) is 60.7 Å². The summed E-state index contributed by atoms with van der Waals surface area (Å²) < 4.78 is 8.83. The van der Waals surface area contributed by atoms with Gasteiger partial charge in [-0.05, 0) is 75.1 Å². The van der Waals surface area contributed by atoms with E-state index in [0.29, 0.717) is 17.5 Å². The molecule has 9 aromatic carbocycles. The van der Waals surface area contributed by atoms with Crippen LogP contribution in [0.3, 0.4) is 0 Å². The number of para-hydroxylation sites is 2. The summed E-state index contributed by atoms with van der Waals surface area (Å²) in [7, 11) is 0. The fraction of sp³-hybridized carbons (Fsp3) is 0. The van der Waals surface area contributed by atoms with E-state index in [2.05, 4.69) is 138 Å². The fourth-order valence-electron chi connectivity index (χ4n) is 8.65. The van der Waals surface area contributed by atoms with Gasteiger partial charge in [-0.15, -0.1) is 0 Å². The molecule has 5 nitrogen and oxygen atoms in total. The minimum Gasteiger partial charge on any atom is -0.455 e. The zero-order valence-electron chi connectivity index (χ0n) is 31.2. The number of nitrogens with zero attached hydrogens (tertiary/aromatic N) is 4. The van der Waals surface area contributed by atoms with Crippen LogP contribution in [0.2, 0.25) is 0 Å². The fourth-order valence-corrected chi connectivity index (χ4v) is 8.65. The molecule has 0 N–H and O–H groups in total. The van der Waals surface area contributed by atoms with E-state index in [1.165, 1.54) is 43.4 Å². The Balaban J connectivity index is 0.978. The first-order valence-electron chi connectivity index (χ1n) is 19.5. The predicted octanol–water partition coefficient (Wildman–Crippen LogP) is 13.8. The van der Waals surface area contributed by atoms with Crippen molar-refractivity contribution in [2.45, 2.75) is 0 Å². The Kier molecular flexibility index (Phi) is 7.16. The standard InChI is InChI=1S/C53H32N4O/c1-2-13-35(14-3-1)51-54-52(56-53(55-51)44-22-11-21-43-42-20-8-9-23-48(42)58-50(43)44)36-26-24-33(25-27-36)37-17-10-18-40(30-37)57-46-29-28-34-12-6-7-19-41(34)49(46)45-31-38-15-4-5-16-39(38)32-47(45)57/h1-32H. The van der Waals surface area contributed by atoms with Crippen molar-refractivity contribution in [3.63, 3.8) is 0 Å². The first-order valence-corrected chi connectivity index (χ1v) is 19.5. The van der Waals surface area contributed by atoms with Crippen LogP contribution >= 0.6 is 0 Å². The lowest BCUT2D eigenvalue weighted by Crippen LogP contribution is -2.00. The molecule has 270 valence electrons. The predicted molar refractivity (Wildman–Crippen MR) is 238 cm³/mol. The molecule has 0 aliphatic rings. The summed E-state index contributed by atoms with van der Waals surface area (Å²) in [6.07, 6.45) is 0. The first kappa shape index (κ1) is 32.4. The van der Waals surface area contributed by atoms with Gasteiger partial charge in [0.25, 0.3) is 0 Å². The zero-order valence-corrected chi connectivity index (χ0v) is 31.2. The number of aromatic nitrogens is 4. The quantitative estimate of drug-likeness (QED) is 0.176. The maximum absolute atomic E-state index is 6.41. The third-order valence-corrected chi connectivity index (χ3v) is 11.4. The molecule has 0 bridgehead atoms. The second-order valence-corrected chi connectivity index (χ2v) is 14.8. The molecule has 0 aliphatic carbocycles. The molecule has 0 aliphatic heterocycles. The van der Waals surface area contributed by atoms with Crippen LogP contribution < -0.4 is 0 Å². The van der Waals surface area contributed by atoms with Crippen molar-refractivity contribution < 1.29 is 4.42 Å². The van der Waals surface area contributed by atoms with Gasteiger partial charge in [0.1, 0.15) is 11.2 Å². The first-order chi connectivity index (χ1) is 28.7. The maximum Gasteiger partial charge on any atom is 0.167 e. The lowest BCUT2D eigenvalue weighted by Gasteiger charge is -2.12. The van der Waals surface area contributed by atoms with Gasteiger partial charge in [0, 0.05) is 38.4 Å². The molecule has 0 saturated heterocycles. The van der Waals surface area contributed by atoms with Crippen molar-refractivity contribution in [2.75, 3.05) is 0 Å². The Labute approximate surface area is 333 Å². The van der Waals surface area contributed by atoms with Gasteiger partial charge < -0.3 is 8.98 Å². The van der Waals surface area contributed by atoms with Crippen molar-refractivity contribution in [3.05, 3.63) is 194 Å². The molecule has 0 unspecified atom stereocenters. The van der Waals surface area contributed by atoms with Crippen LogP contribution in [0.1, 0.15) is 0 Å². The van der Waals surface area contributed by atoms with Gasteiger partial charge in [-0.2, -0.15) is 0 Å². The largest absolute Gasteiger partial charge is 0.455 e. The number of hydrogen-bond acceptors (Lipinski definition) is 4. The average Bonchev–Trinajstić information content (AvgIpc) is 3.84. The van der Waals surface area contributed by atoms with E-state index in [9.17, 15) is 0 Å². The molecule has 3 aromatic heterocycles. The minimum atomic E-state index is 0.567. The number of furan rings is 1. The van der Waals surface area contributed by atoms with Crippen LogP contribution in [0, 0.1) is 0 Å². The molecule has 0 radical (unpaired) electrons. The Bertz CT molecular complexity index is 3560. The van der Waals surface area contributed by atoms with Crippen LogP contribution in [-0.2, 0) is 0 Å². The second-order valence-electron chi connectivity index (χ2n) is 14.8. The Morgan fingerprint density at radius 2 is 0.983 bits per heavy atom. The van der Waals surface area contributed by atoms with Crippen LogP contribution in [0.15, 0.2) is 199 Å². The van der Waals surface area contributed by atoms with E-state index in [-0.39, 0.29) is 0 Å². The highest BCUT2D eigenvalue weighted by atomic mass is 16.3. The smallest absolute Gasteiger partial charge is 0.167 e. The summed E-state index contributed by atoms with van der Waals surface area (Å²) in [5.74, 6) is 1.77. The van der Waals surface area contributed by atoms with Crippen LogP contribution in [-0.4, -0.2) is 19.5 Å². The van der Waals surface area contributed by atoms with Crippen molar-refractivity contribution in [2.24, 2.45) is 0 Å². The van der Waals surface area contributed by atoms with Gasteiger partial charge in [-0.1, -0.05) is 152 Å². The SMILES string of the molecule is c1ccc(-c2nc(-c3ccc(-c4cccc(-n5c6cc7ccccc7cc6c6c7ccccc7ccc65)c4)cc3)nc(-c3cccc4c3oc3ccccc34)n2)cc1. The van der Waals surface area contributed by atoms with Gasteiger partial charge in [-0.25, -0.2) is 15.0 Å². The maximum atomic E-state index is 6.41. The van der Waals surface area contributed by atoms with Crippen molar-refractivity contribution >= 4 is 65.3 Å². The molecular formula is C53H32N4O. The molecule has 5 heteroatoms. The zero-order chi connectivity index (χ0) is 38.2. The van der Waals surface area contributed by atoms with Crippen LogP contribution in [0.4, 0.5) is 0 Å². The van der Waals surface area contributed by atoms with Gasteiger partial charge in [0.2, 0.25) is 0 Å². The average molecular weight is 741 g/mol. The molecule has 0 saturated carbocycles. The molecule has 0 fully saturated rings. The highest BCUT2D eigenvalue weighted by Crippen LogP contribution is 2.40. The summed E-state index contributed by atoms with van der Waals surface area (Å²) >= 11 is 0. The van der Waals surface area contributed by atoms with E-state index < -0.39 is 0 Å². The summed E-state index contributed by atoms with van der Waals surface area (Å²) in [5.41, 5.74) is 9.97. The Morgan fingerprint density at radius 1 is 0.362 bits per heavy atom. The molecule has 58 heavy (non-hydrogen) atoms. The monoisotopic (exact) mass is 740 g/mol. The van der Waals surface area contributed by atoms with Gasteiger partial charge >= 0.3 is 0 Å².